The Kier molecular flexibility index (Phi) is 1.74. The summed E-state index contributed by atoms with van der Waals surface area (Å²) in [4.78, 5) is -0.754. The molecule has 0 bridgehead atoms. The Morgan fingerprint density at radius 2 is 1.86 bits per heavy atom. The fraction of sp³-hybridized carbons (Fsp3) is 0. The number of hydrogen-bond donors (Lipinski definition) is 0. The van der Waals surface area contributed by atoms with Gasteiger partial charge in [0.15, 0.2) is 16.9 Å². The Labute approximate surface area is 76.5 Å². The Balaban J connectivity index is 2.93. The third kappa shape index (κ3) is 1.23. The quantitative estimate of drug-likeness (QED) is 0.671. The lowest BCUT2D eigenvalue weighted by Gasteiger charge is -1.94. The van der Waals surface area contributed by atoms with E-state index in [4.69, 9.17) is 0 Å². The van der Waals surface area contributed by atoms with Gasteiger partial charge in [-0.2, -0.15) is 8.42 Å². The van der Waals surface area contributed by atoms with Crippen molar-refractivity contribution in [3.63, 3.8) is 0 Å². The topological polar surface area (TPSA) is 73.1 Å². The summed E-state index contributed by atoms with van der Waals surface area (Å²) in [6.45, 7) is 0. The van der Waals surface area contributed by atoms with Crippen LogP contribution in [0.1, 0.15) is 0 Å². The average Bonchev–Trinajstić information content (AvgIpc) is 2.50. The maximum atomic E-state index is 12.9. The molecule has 0 atom stereocenters. The van der Waals surface area contributed by atoms with E-state index in [9.17, 15) is 16.7 Å². The van der Waals surface area contributed by atoms with Gasteiger partial charge in [0, 0.05) is 0 Å². The van der Waals surface area contributed by atoms with E-state index >= 15 is 0 Å². The number of benzene rings is 1. The fourth-order valence-electron chi connectivity index (χ4n) is 1.01. The summed E-state index contributed by atoms with van der Waals surface area (Å²) in [5.74, 6) is -0.825. The molecule has 14 heavy (non-hydrogen) atoms. The number of hydrogen-bond acceptors (Lipinski definition) is 5. The predicted octanol–water partition coefficient (Wildman–Crippen LogP) is 1.02. The van der Waals surface area contributed by atoms with Crippen LogP contribution in [0, 0.1) is 5.82 Å². The molecule has 0 radical (unpaired) electrons. The molecule has 0 saturated heterocycles. The van der Waals surface area contributed by atoms with E-state index in [1.165, 1.54) is 0 Å². The lowest BCUT2D eigenvalue weighted by atomic mass is 10.3. The van der Waals surface area contributed by atoms with E-state index in [2.05, 4.69) is 14.9 Å². The minimum atomic E-state index is -4.95. The highest BCUT2D eigenvalue weighted by Gasteiger charge is 2.21. The van der Waals surface area contributed by atoms with Gasteiger partial charge in [-0.15, -0.1) is 3.89 Å². The second-order valence-electron chi connectivity index (χ2n) is 2.44. The Morgan fingerprint density at radius 3 is 2.50 bits per heavy atom. The van der Waals surface area contributed by atoms with Crippen molar-refractivity contribution in [3.05, 3.63) is 17.9 Å². The van der Waals surface area contributed by atoms with Crippen LogP contribution in [-0.2, 0) is 10.2 Å². The minimum absolute atomic E-state index is 0.413. The molecule has 5 nitrogen and oxygen atoms in total. The van der Waals surface area contributed by atoms with E-state index in [0.717, 1.165) is 12.1 Å². The van der Waals surface area contributed by atoms with E-state index in [1.807, 2.05) is 0 Å². The van der Waals surface area contributed by atoms with Gasteiger partial charge < -0.3 is 0 Å². The van der Waals surface area contributed by atoms with Crippen molar-refractivity contribution in [3.8, 4) is 0 Å². The van der Waals surface area contributed by atoms with Crippen LogP contribution in [0.25, 0.3) is 11.0 Å². The molecule has 0 aliphatic heterocycles. The molecule has 0 fully saturated rings. The Morgan fingerprint density at radius 1 is 1.21 bits per heavy atom. The van der Waals surface area contributed by atoms with Crippen LogP contribution in [0.2, 0.25) is 0 Å². The van der Waals surface area contributed by atoms with E-state index < -0.39 is 32.0 Å². The first-order chi connectivity index (χ1) is 6.50. The molecular weight excluding hydrogens is 218 g/mol. The lowest BCUT2D eigenvalue weighted by Crippen LogP contribution is -1.94. The van der Waals surface area contributed by atoms with Gasteiger partial charge in [-0.3, -0.25) is 0 Å². The Hall–Kier alpha value is -1.57. The molecular formula is C6H2F2N2O3S. The normalized spacial score (nSPS) is 12.1. The zero-order chi connectivity index (χ0) is 10.3. The summed E-state index contributed by atoms with van der Waals surface area (Å²) < 4.78 is 50.7. The van der Waals surface area contributed by atoms with Gasteiger partial charge in [-0.1, -0.05) is 0 Å². The van der Waals surface area contributed by atoms with Gasteiger partial charge >= 0.3 is 10.2 Å². The number of rotatable bonds is 1. The smallest absolute Gasteiger partial charge is 0.243 e. The van der Waals surface area contributed by atoms with Gasteiger partial charge in [-0.05, 0) is 22.4 Å². The highest BCUT2D eigenvalue weighted by atomic mass is 32.3. The molecule has 2 rings (SSSR count). The first-order valence-corrected chi connectivity index (χ1v) is 4.74. The maximum Gasteiger partial charge on any atom is 0.334 e. The van der Waals surface area contributed by atoms with Crippen molar-refractivity contribution >= 4 is 21.3 Å². The first kappa shape index (κ1) is 9.00. The summed E-state index contributed by atoms with van der Waals surface area (Å²) in [6, 6.07) is 1.54. The fourth-order valence-corrected chi connectivity index (χ4v) is 1.61. The van der Waals surface area contributed by atoms with Gasteiger partial charge in [0.2, 0.25) is 0 Å². The molecule has 8 heteroatoms. The molecule has 0 amide bonds. The van der Waals surface area contributed by atoms with Crippen LogP contribution in [0.3, 0.4) is 0 Å². The molecule has 0 unspecified atom stereocenters. The molecule has 0 aliphatic carbocycles. The maximum absolute atomic E-state index is 12.9. The van der Waals surface area contributed by atoms with Gasteiger partial charge in [0.1, 0.15) is 4.90 Å². The van der Waals surface area contributed by atoms with Crippen molar-refractivity contribution in [2.75, 3.05) is 0 Å². The zero-order valence-electron chi connectivity index (χ0n) is 6.44. The first-order valence-electron chi connectivity index (χ1n) is 3.35. The van der Waals surface area contributed by atoms with Crippen molar-refractivity contribution < 1.29 is 21.3 Å². The standard InChI is InChI=1S/C6H2F2N2O3S/c7-3-1-2-4(14(8,11)12)6-5(3)9-13-10-6/h1-2H. The molecule has 1 aromatic carbocycles. The summed E-state index contributed by atoms with van der Waals surface area (Å²) in [6.07, 6.45) is 0. The number of nitrogens with zero attached hydrogens (tertiary/aromatic N) is 2. The van der Waals surface area contributed by atoms with E-state index in [0.29, 0.717) is 0 Å². The summed E-state index contributed by atoms with van der Waals surface area (Å²) in [5, 5.41) is 6.20. The van der Waals surface area contributed by atoms with Crippen molar-refractivity contribution in [2.24, 2.45) is 0 Å². The summed E-state index contributed by atoms with van der Waals surface area (Å²) in [7, 11) is -4.95. The van der Waals surface area contributed by atoms with Gasteiger partial charge in [-0.25, -0.2) is 9.02 Å². The van der Waals surface area contributed by atoms with Crippen LogP contribution < -0.4 is 0 Å². The second-order valence-corrected chi connectivity index (χ2v) is 3.76. The predicted molar refractivity (Wildman–Crippen MR) is 40.1 cm³/mol. The van der Waals surface area contributed by atoms with Crippen LogP contribution in [0.5, 0.6) is 0 Å². The number of fused-ring (bicyclic) bond motifs is 1. The zero-order valence-corrected chi connectivity index (χ0v) is 7.25. The van der Waals surface area contributed by atoms with Crippen molar-refractivity contribution in [1.82, 2.24) is 10.3 Å². The second kappa shape index (κ2) is 2.71. The number of halogens is 2. The monoisotopic (exact) mass is 220 g/mol. The summed E-state index contributed by atoms with van der Waals surface area (Å²) >= 11 is 0. The van der Waals surface area contributed by atoms with Crippen LogP contribution in [-0.4, -0.2) is 18.7 Å². The highest BCUT2D eigenvalue weighted by Crippen LogP contribution is 2.23. The third-order valence-electron chi connectivity index (χ3n) is 1.59. The largest absolute Gasteiger partial charge is 0.334 e. The van der Waals surface area contributed by atoms with Gasteiger partial charge in [0.05, 0.1) is 0 Å². The molecule has 0 saturated carbocycles. The summed E-state index contributed by atoms with van der Waals surface area (Å²) in [5.41, 5.74) is -0.865. The molecule has 2 aromatic rings. The average molecular weight is 220 g/mol. The molecule has 1 heterocycles. The minimum Gasteiger partial charge on any atom is -0.243 e. The molecule has 1 aromatic heterocycles. The lowest BCUT2D eigenvalue weighted by molar-refractivity contribution is 0.314. The van der Waals surface area contributed by atoms with E-state index in [-0.39, 0.29) is 0 Å². The van der Waals surface area contributed by atoms with Crippen LogP contribution in [0.4, 0.5) is 8.28 Å². The van der Waals surface area contributed by atoms with Crippen molar-refractivity contribution in [2.45, 2.75) is 4.90 Å². The SMILES string of the molecule is O=S(=O)(F)c1ccc(F)c2nonc12. The number of aromatic nitrogens is 2. The highest BCUT2D eigenvalue weighted by molar-refractivity contribution is 7.86. The molecule has 74 valence electrons. The van der Waals surface area contributed by atoms with Gasteiger partial charge in [0.25, 0.3) is 0 Å². The molecule has 0 spiro atoms. The van der Waals surface area contributed by atoms with E-state index in [1.54, 1.807) is 0 Å². The Bertz CT molecular complexity index is 592. The van der Waals surface area contributed by atoms with Crippen molar-refractivity contribution in [1.29, 1.82) is 0 Å². The third-order valence-corrected chi connectivity index (χ3v) is 2.45. The molecule has 0 aliphatic rings. The van der Waals surface area contributed by atoms with Crippen LogP contribution >= 0.6 is 0 Å². The van der Waals surface area contributed by atoms with Crippen LogP contribution in [0.15, 0.2) is 21.7 Å². The molecule has 0 N–H and O–H groups in total.